The molecule has 30 heavy (non-hydrogen) atoms. The van der Waals surface area contributed by atoms with Crippen LogP contribution in [-0.4, -0.2) is 22.4 Å². The van der Waals surface area contributed by atoms with E-state index in [0.717, 1.165) is 16.5 Å². The van der Waals surface area contributed by atoms with Gasteiger partial charge < -0.3 is 14.7 Å². The molecule has 8 heteroatoms. The van der Waals surface area contributed by atoms with Gasteiger partial charge in [0.2, 0.25) is 0 Å². The van der Waals surface area contributed by atoms with Crippen LogP contribution in [0.25, 0.3) is 22.2 Å². The van der Waals surface area contributed by atoms with Gasteiger partial charge in [0.1, 0.15) is 17.3 Å². The van der Waals surface area contributed by atoms with Crippen LogP contribution in [0.1, 0.15) is 21.7 Å². The highest BCUT2D eigenvalue weighted by Gasteiger charge is 2.17. The molecule has 7 nitrogen and oxygen atoms in total. The number of nitrogens with zero attached hydrogens (tertiary/aromatic N) is 1. The van der Waals surface area contributed by atoms with Crippen LogP contribution < -0.4 is 5.32 Å². The Balaban J connectivity index is 1.43. The molecule has 0 fully saturated rings. The van der Waals surface area contributed by atoms with Crippen molar-refractivity contribution < 1.29 is 18.5 Å². The van der Waals surface area contributed by atoms with Gasteiger partial charge in [0.25, 0.3) is 11.6 Å². The van der Waals surface area contributed by atoms with Gasteiger partial charge in [-0.15, -0.1) is 0 Å². The van der Waals surface area contributed by atoms with Gasteiger partial charge in [-0.3, -0.25) is 14.9 Å². The van der Waals surface area contributed by atoms with E-state index in [-0.39, 0.29) is 17.4 Å². The van der Waals surface area contributed by atoms with Crippen LogP contribution in [0.2, 0.25) is 0 Å². The van der Waals surface area contributed by atoms with E-state index in [1.807, 2.05) is 6.20 Å². The third-order valence-electron chi connectivity index (χ3n) is 4.93. The number of rotatable bonds is 6. The molecular formula is C22H18FN3O4. The maximum absolute atomic E-state index is 13.5. The van der Waals surface area contributed by atoms with Crippen molar-refractivity contribution in [3.8, 4) is 11.3 Å². The highest BCUT2D eigenvalue weighted by molar-refractivity contribution is 5.96. The fourth-order valence-corrected chi connectivity index (χ4v) is 3.36. The van der Waals surface area contributed by atoms with Gasteiger partial charge in [-0.25, -0.2) is 4.39 Å². The number of carbonyl (C=O) groups is 1. The zero-order chi connectivity index (χ0) is 21.3. The predicted molar refractivity (Wildman–Crippen MR) is 110 cm³/mol. The molecule has 0 saturated carbocycles. The maximum Gasteiger partial charge on any atom is 0.269 e. The average Bonchev–Trinajstić information content (AvgIpc) is 3.31. The van der Waals surface area contributed by atoms with Crippen molar-refractivity contribution in [3.63, 3.8) is 0 Å². The number of aromatic nitrogens is 1. The molecule has 0 aliphatic carbocycles. The number of halogens is 1. The normalized spacial score (nSPS) is 11.0. The predicted octanol–water partition coefficient (Wildman–Crippen LogP) is 4.76. The number of carbonyl (C=O) groups excluding carboxylic acids is 1. The Hall–Kier alpha value is -3.94. The molecule has 0 unspecified atom stereocenters. The number of nitro groups is 1. The van der Waals surface area contributed by atoms with Crippen molar-refractivity contribution in [2.75, 3.05) is 6.54 Å². The molecule has 0 radical (unpaired) electrons. The van der Waals surface area contributed by atoms with Crippen LogP contribution in [0.3, 0.4) is 0 Å². The highest BCUT2D eigenvalue weighted by Crippen LogP contribution is 2.27. The number of aromatic amines is 1. The SMILES string of the molecule is Cc1oc(-c2ccc([N+](=O)[O-])cc2)cc1C(=O)NCCc1c[nH]c2ccc(F)cc12. The van der Waals surface area contributed by atoms with Gasteiger partial charge in [-0.2, -0.15) is 0 Å². The molecule has 0 atom stereocenters. The summed E-state index contributed by atoms with van der Waals surface area (Å²) >= 11 is 0. The van der Waals surface area contributed by atoms with Crippen LogP contribution in [-0.2, 0) is 6.42 Å². The first-order chi connectivity index (χ1) is 14.4. The van der Waals surface area contributed by atoms with Gasteiger partial charge >= 0.3 is 0 Å². The Morgan fingerprint density at radius 2 is 1.97 bits per heavy atom. The first-order valence-electron chi connectivity index (χ1n) is 9.31. The van der Waals surface area contributed by atoms with Crippen molar-refractivity contribution in [2.24, 2.45) is 0 Å². The first kappa shape index (κ1) is 19.4. The number of nitro benzene ring substituents is 1. The smallest absolute Gasteiger partial charge is 0.269 e. The second-order valence-electron chi connectivity index (χ2n) is 6.89. The van der Waals surface area contributed by atoms with Crippen LogP contribution >= 0.6 is 0 Å². The average molecular weight is 407 g/mol. The quantitative estimate of drug-likeness (QED) is 0.355. The van der Waals surface area contributed by atoms with E-state index >= 15 is 0 Å². The van der Waals surface area contributed by atoms with Crippen LogP contribution in [0.5, 0.6) is 0 Å². The lowest BCUT2D eigenvalue weighted by atomic mass is 10.1. The number of hydrogen-bond donors (Lipinski definition) is 2. The van der Waals surface area contributed by atoms with Gasteiger partial charge in [0, 0.05) is 41.3 Å². The van der Waals surface area contributed by atoms with Crippen LogP contribution in [0.15, 0.2) is 59.1 Å². The summed E-state index contributed by atoms with van der Waals surface area (Å²) in [7, 11) is 0. The Morgan fingerprint density at radius 3 is 2.70 bits per heavy atom. The summed E-state index contributed by atoms with van der Waals surface area (Å²) in [6.07, 6.45) is 2.35. The number of non-ortho nitro benzene ring substituents is 1. The maximum atomic E-state index is 13.5. The van der Waals surface area contributed by atoms with E-state index in [9.17, 15) is 19.3 Å². The third kappa shape index (κ3) is 3.80. The van der Waals surface area contributed by atoms with Gasteiger partial charge in [0.15, 0.2) is 0 Å². The lowest BCUT2D eigenvalue weighted by Gasteiger charge is -2.04. The molecule has 0 aliphatic heterocycles. The summed E-state index contributed by atoms with van der Waals surface area (Å²) in [6, 6.07) is 12.1. The molecule has 2 aromatic carbocycles. The summed E-state index contributed by atoms with van der Waals surface area (Å²) < 4.78 is 19.2. The Morgan fingerprint density at radius 1 is 1.20 bits per heavy atom. The molecule has 2 N–H and O–H groups in total. The molecule has 4 aromatic rings. The summed E-state index contributed by atoms with van der Waals surface area (Å²) in [5.74, 6) is 0.324. The molecule has 0 spiro atoms. The number of amides is 1. The monoisotopic (exact) mass is 407 g/mol. The van der Waals surface area contributed by atoms with E-state index in [2.05, 4.69) is 10.3 Å². The number of H-pyrrole nitrogens is 1. The van der Waals surface area contributed by atoms with Crippen molar-refractivity contribution in [1.82, 2.24) is 10.3 Å². The third-order valence-corrected chi connectivity index (χ3v) is 4.93. The van der Waals surface area contributed by atoms with Crippen molar-refractivity contribution in [1.29, 1.82) is 0 Å². The van der Waals surface area contributed by atoms with Gasteiger partial charge in [-0.05, 0) is 55.3 Å². The zero-order valence-corrected chi connectivity index (χ0v) is 16.1. The van der Waals surface area contributed by atoms with Crippen molar-refractivity contribution >= 4 is 22.5 Å². The number of fused-ring (bicyclic) bond motifs is 1. The van der Waals surface area contributed by atoms with Crippen LogP contribution in [0.4, 0.5) is 10.1 Å². The number of furan rings is 1. The second kappa shape index (κ2) is 7.82. The summed E-state index contributed by atoms with van der Waals surface area (Å²) in [4.78, 5) is 26.0. The lowest BCUT2D eigenvalue weighted by molar-refractivity contribution is -0.384. The molecular weight excluding hydrogens is 389 g/mol. The first-order valence-corrected chi connectivity index (χ1v) is 9.31. The highest BCUT2D eigenvalue weighted by atomic mass is 19.1. The number of aryl methyl sites for hydroxylation is 1. The zero-order valence-electron chi connectivity index (χ0n) is 16.1. The van der Waals surface area contributed by atoms with E-state index in [4.69, 9.17) is 4.42 Å². The minimum Gasteiger partial charge on any atom is -0.461 e. The number of benzene rings is 2. The largest absolute Gasteiger partial charge is 0.461 e. The molecule has 152 valence electrons. The van der Waals surface area contributed by atoms with E-state index in [1.165, 1.54) is 24.3 Å². The molecule has 4 rings (SSSR count). The van der Waals surface area contributed by atoms with Crippen molar-refractivity contribution in [3.05, 3.63) is 87.5 Å². The molecule has 2 heterocycles. The van der Waals surface area contributed by atoms with Gasteiger partial charge in [0.05, 0.1) is 10.5 Å². The number of nitrogens with one attached hydrogen (secondary N) is 2. The molecule has 1 amide bonds. The second-order valence-corrected chi connectivity index (χ2v) is 6.89. The minimum absolute atomic E-state index is 0.0165. The Labute approximate surface area is 170 Å². The minimum atomic E-state index is -0.474. The van der Waals surface area contributed by atoms with Crippen molar-refractivity contribution in [2.45, 2.75) is 13.3 Å². The fourth-order valence-electron chi connectivity index (χ4n) is 3.36. The van der Waals surface area contributed by atoms with E-state index < -0.39 is 4.92 Å². The van der Waals surface area contributed by atoms with Crippen LogP contribution in [0, 0.1) is 22.9 Å². The summed E-state index contributed by atoms with van der Waals surface area (Å²) in [5, 5.41) is 14.4. The Kier molecular flexibility index (Phi) is 5.05. The lowest BCUT2D eigenvalue weighted by Crippen LogP contribution is -2.25. The van der Waals surface area contributed by atoms with E-state index in [0.29, 0.717) is 35.6 Å². The summed E-state index contributed by atoms with van der Waals surface area (Å²) in [5.41, 5.74) is 2.78. The standard InChI is InChI=1S/C22H18FN3O4/c1-13-18(11-21(30-13)14-2-5-17(6-3-14)26(28)29)22(27)24-9-8-15-12-25-20-7-4-16(23)10-19(15)20/h2-7,10-12,25H,8-9H2,1H3,(H,24,27). The molecule has 0 bridgehead atoms. The number of hydrogen-bond acceptors (Lipinski definition) is 4. The topological polar surface area (TPSA) is 101 Å². The molecule has 0 aliphatic rings. The molecule has 2 aromatic heterocycles. The van der Waals surface area contributed by atoms with Gasteiger partial charge in [-0.1, -0.05) is 0 Å². The molecule has 0 saturated heterocycles. The summed E-state index contributed by atoms with van der Waals surface area (Å²) in [6.45, 7) is 2.06. The fraction of sp³-hybridized carbons (Fsp3) is 0.136. The van der Waals surface area contributed by atoms with E-state index in [1.54, 1.807) is 31.2 Å². The Bertz CT molecular complexity index is 1240.